The Morgan fingerprint density at radius 1 is 1.47 bits per heavy atom. The standard InChI is InChI=1S/C13H18ClN3O2/c1-9-6-10(2)16-13(15-9)19-11-4-3-5-17(8-11)12(18)7-14/h6,11H,3-5,7-8H2,1-2H3. The molecule has 1 aromatic heterocycles. The molecule has 0 aliphatic carbocycles. The van der Waals surface area contributed by atoms with Crippen LogP contribution in [0.25, 0.3) is 0 Å². The Balaban J connectivity index is 2.00. The van der Waals surface area contributed by atoms with Crippen molar-refractivity contribution >= 4 is 17.5 Å². The summed E-state index contributed by atoms with van der Waals surface area (Å²) in [7, 11) is 0. The van der Waals surface area contributed by atoms with Gasteiger partial charge in [-0.25, -0.2) is 9.97 Å². The monoisotopic (exact) mass is 283 g/mol. The fourth-order valence-corrected chi connectivity index (χ4v) is 2.41. The summed E-state index contributed by atoms with van der Waals surface area (Å²) in [5, 5.41) is 0. The van der Waals surface area contributed by atoms with Crippen molar-refractivity contribution in [1.82, 2.24) is 14.9 Å². The van der Waals surface area contributed by atoms with E-state index in [-0.39, 0.29) is 17.9 Å². The van der Waals surface area contributed by atoms with Gasteiger partial charge in [-0.2, -0.15) is 0 Å². The number of amides is 1. The minimum Gasteiger partial charge on any atom is -0.458 e. The number of aromatic nitrogens is 2. The van der Waals surface area contributed by atoms with Gasteiger partial charge in [0.15, 0.2) is 0 Å². The first-order chi connectivity index (χ1) is 9.08. The summed E-state index contributed by atoms with van der Waals surface area (Å²) in [5.74, 6) is -0.0245. The van der Waals surface area contributed by atoms with E-state index in [1.165, 1.54) is 0 Å². The van der Waals surface area contributed by atoms with Crippen LogP contribution in [0.2, 0.25) is 0 Å². The largest absolute Gasteiger partial charge is 0.458 e. The molecule has 1 saturated heterocycles. The summed E-state index contributed by atoms with van der Waals surface area (Å²) in [5.41, 5.74) is 1.76. The number of hydrogen-bond acceptors (Lipinski definition) is 4. The van der Waals surface area contributed by atoms with Gasteiger partial charge < -0.3 is 9.64 Å². The molecule has 1 aromatic rings. The maximum atomic E-state index is 11.6. The number of rotatable bonds is 3. The lowest BCUT2D eigenvalue weighted by molar-refractivity contribution is -0.131. The summed E-state index contributed by atoms with van der Waals surface area (Å²) in [6.45, 7) is 5.12. The maximum Gasteiger partial charge on any atom is 0.317 e. The Morgan fingerprint density at radius 3 is 2.79 bits per heavy atom. The quantitative estimate of drug-likeness (QED) is 0.793. The molecule has 2 heterocycles. The number of halogens is 1. The lowest BCUT2D eigenvalue weighted by Crippen LogP contribution is -2.45. The van der Waals surface area contributed by atoms with Crippen molar-refractivity contribution in [2.75, 3.05) is 19.0 Å². The minimum absolute atomic E-state index is 0.0206. The fraction of sp³-hybridized carbons (Fsp3) is 0.615. The molecule has 0 aromatic carbocycles. The predicted octanol–water partition coefficient (Wildman–Crippen LogP) is 1.70. The lowest BCUT2D eigenvalue weighted by atomic mass is 10.1. The molecule has 1 aliphatic heterocycles. The molecular formula is C13H18ClN3O2. The molecule has 0 radical (unpaired) electrons. The van der Waals surface area contributed by atoms with Crippen LogP contribution in [-0.4, -0.2) is 45.8 Å². The van der Waals surface area contributed by atoms with Crippen LogP contribution in [-0.2, 0) is 4.79 Å². The van der Waals surface area contributed by atoms with Crippen LogP contribution in [0.3, 0.4) is 0 Å². The number of hydrogen-bond donors (Lipinski definition) is 0. The number of nitrogens with zero attached hydrogens (tertiary/aromatic N) is 3. The Labute approximate surface area is 117 Å². The highest BCUT2D eigenvalue weighted by atomic mass is 35.5. The zero-order valence-corrected chi connectivity index (χ0v) is 12.0. The number of carbonyl (C=O) groups is 1. The highest BCUT2D eigenvalue weighted by Gasteiger charge is 2.25. The summed E-state index contributed by atoms with van der Waals surface area (Å²) >= 11 is 5.58. The highest BCUT2D eigenvalue weighted by molar-refractivity contribution is 6.27. The van der Waals surface area contributed by atoms with Crippen LogP contribution in [0.4, 0.5) is 0 Å². The van der Waals surface area contributed by atoms with Crippen molar-refractivity contribution in [3.05, 3.63) is 17.5 Å². The van der Waals surface area contributed by atoms with E-state index < -0.39 is 0 Å². The van der Waals surface area contributed by atoms with Crippen molar-refractivity contribution in [2.24, 2.45) is 0 Å². The predicted molar refractivity (Wildman–Crippen MR) is 72.5 cm³/mol. The molecule has 19 heavy (non-hydrogen) atoms. The number of likely N-dealkylation sites (tertiary alicyclic amines) is 1. The average molecular weight is 284 g/mol. The van der Waals surface area contributed by atoms with Crippen molar-refractivity contribution < 1.29 is 9.53 Å². The van der Waals surface area contributed by atoms with Gasteiger partial charge in [0.2, 0.25) is 5.91 Å². The molecule has 0 spiro atoms. The van der Waals surface area contributed by atoms with Crippen LogP contribution >= 0.6 is 11.6 Å². The van der Waals surface area contributed by atoms with E-state index >= 15 is 0 Å². The van der Waals surface area contributed by atoms with Gasteiger partial charge in [-0.1, -0.05) is 0 Å². The van der Waals surface area contributed by atoms with Crippen molar-refractivity contribution in [3.8, 4) is 6.01 Å². The maximum absolute atomic E-state index is 11.6. The van der Waals surface area contributed by atoms with E-state index in [1.807, 2.05) is 19.9 Å². The molecule has 1 atom stereocenters. The van der Waals surface area contributed by atoms with Gasteiger partial charge in [0.05, 0.1) is 6.54 Å². The van der Waals surface area contributed by atoms with Crippen LogP contribution in [0.15, 0.2) is 6.07 Å². The second-order valence-electron chi connectivity index (χ2n) is 4.79. The molecule has 0 N–H and O–H groups in total. The molecule has 1 amide bonds. The smallest absolute Gasteiger partial charge is 0.317 e. The van der Waals surface area contributed by atoms with Gasteiger partial charge in [-0.05, 0) is 32.8 Å². The molecule has 1 aliphatic rings. The first-order valence-corrected chi connectivity index (χ1v) is 6.94. The number of piperidine rings is 1. The topological polar surface area (TPSA) is 55.3 Å². The van der Waals surface area contributed by atoms with Gasteiger partial charge in [0.25, 0.3) is 0 Å². The number of carbonyl (C=O) groups excluding carboxylic acids is 1. The van der Waals surface area contributed by atoms with Crippen LogP contribution < -0.4 is 4.74 Å². The molecule has 0 saturated carbocycles. The second kappa shape index (κ2) is 6.19. The summed E-state index contributed by atoms with van der Waals surface area (Å²) < 4.78 is 5.78. The first-order valence-electron chi connectivity index (χ1n) is 6.41. The molecule has 5 nitrogen and oxygen atoms in total. The second-order valence-corrected chi connectivity index (χ2v) is 5.06. The average Bonchev–Trinajstić information content (AvgIpc) is 2.37. The minimum atomic E-state index is -0.0536. The summed E-state index contributed by atoms with van der Waals surface area (Å²) in [6.07, 6.45) is 1.77. The third kappa shape index (κ3) is 3.80. The van der Waals surface area contributed by atoms with Crippen molar-refractivity contribution in [2.45, 2.75) is 32.8 Å². The van der Waals surface area contributed by atoms with Crippen LogP contribution in [0.5, 0.6) is 6.01 Å². The lowest BCUT2D eigenvalue weighted by Gasteiger charge is -2.32. The van der Waals surface area contributed by atoms with E-state index in [0.717, 1.165) is 30.8 Å². The van der Waals surface area contributed by atoms with Crippen molar-refractivity contribution in [1.29, 1.82) is 0 Å². The molecule has 0 bridgehead atoms. The Kier molecular flexibility index (Phi) is 4.58. The number of alkyl halides is 1. The molecule has 1 fully saturated rings. The van der Waals surface area contributed by atoms with E-state index in [1.54, 1.807) is 4.90 Å². The van der Waals surface area contributed by atoms with E-state index in [0.29, 0.717) is 12.6 Å². The van der Waals surface area contributed by atoms with Gasteiger partial charge in [-0.15, -0.1) is 11.6 Å². The fourth-order valence-electron chi connectivity index (χ4n) is 2.24. The Bertz CT molecular complexity index is 447. The van der Waals surface area contributed by atoms with Gasteiger partial charge in [-0.3, -0.25) is 4.79 Å². The molecule has 104 valence electrons. The summed E-state index contributed by atoms with van der Waals surface area (Å²) in [4.78, 5) is 21.8. The Hall–Kier alpha value is -1.36. The normalized spacial score (nSPS) is 19.3. The molecule has 6 heteroatoms. The Morgan fingerprint density at radius 2 is 2.16 bits per heavy atom. The summed E-state index contributed by atoms with van der Waals surface area (Å²) in [6, 6.07) is 2.29. The van der Waals surface area contributed by atoms with Gasteiger partial charge in [0, 0.05) is 17.9 Å². The SMILES string of the molecule is Cc1cc(C)nc(OC2CCCN(C(=O)CCl)C2)n1. The zero-order chi connectivity index (χ0) is 13.8. The highest BCUT2D eigenvalue weighted by Crippen LogP contribution is 2.16. The third-order valence-corrected chi connectivity index (χ3v) is 3.31. The third-order valence-electron chi connectivity index (χ3n) is 3.08. The molecule has 2 rings (SSSR count). The number of ether oxygens (including phenoxy) is 1. The zero-order valence-electron chi connectivity index (χ0n) is 11.2. The molecule has 1 unspecified atom stereocenters. The molecular weight excluding hydrogens is 266 g/mol. The van der Waals surface area contributed by atoms with E-state index in [4.69, 9.17) is 16.3 Å². The van der Waals surface area contributed by atoms with Crippen molar-refractivity contribution in [3.63, 3.8) is 0 Å². The van der Waals surface area contributed by atoms with Gasteiger partial charge in [0.1, 0.15) is 12.0 Å². The number of aryl methyl sites for hydroxylation is 2. The van der Waals surface area contributed by atoms with E-state index in [2.05, 4.69) is 9.97 Å². The first kappa shape index (κ1) is 14.1. The van der Waals surface area contributed by atoms with Crippen LogP contribution in [0, 0.1) is 13.8 Å². The van der Waals surface area contributed by atoms with Crippen LogP contribution in [0.1, 0.15) is 24.2 Å². The van der Waals surface area contributed by atoms with Gasteiger partial charge >= 0.3 is 6.01 Å². The van der Waals surface area contributed by atoms with E-state index in [9.17, 15) is 4.79 Å².